The smallest absolute Gasteiger partial charge is 0.308 e. The van der Waals surface area contributed by atoms with Gasteiger partial charge in [-0.15, -0.1) is 0 Å². The highest BCUT2D eigenvalue weighted by Gasteiger charge is 2.40. The predicted octanol–water partition coefficient (Wildman–Crippen LogP) is 2.92. The van der Waals surface area contributed by atoms with Gasteiger partial charge in [0.1, 0.15) is 0 Å². The fourth-order valence-electron chi connectivity index (χ4n) is 3.46. The standard InChI is InChI=1S/C18H25NO4/c1-11-5-6-12(2)16(9-11)19(13(3)20)17-10-14(23-4)7-8-15(17)18(21)22/h5-6,9,14-15,17H,7-8,10H2,1-4H3,(H,21,22). The molecule has 0 aromatic heterocycles. The van der Waals surface area contributed by atoms with E-state index in [1.807, 2.05) is 32.0 Å². The van der Waals surface area contributed by atoms with Gasteiger partial charge in [-0.3, -0.25) is 9.59 Å². The van der Waals surface area contributed by atoms with Crippen LogP contribution in [0.15, 0.2) is 18.2 Å². The van der Waals surface area contributed by atoms with Gasteiger partial charge in [-0.2, -0.15) is 0 Å². The average molecular weight is 319 g/mol. The minimum atomic E-state index is -0.846. The van der Waals surface area contributed by atoms with Crippen molar-refractivity contribution in [2.45, 2.75) is 52.2 Å². The summed E-state index contributed by atoms with van der Waals surface area (Å²) in [4.78, 5) is 25.7. The van der Waals surface area contributed by atoms with E-state index < -0.39 is 11.9 Å². The molecule has 1 saturated carbocycles. The molecule has 126 valence electrons. The van der Waals surface area contributed by atoms with Crippen molar-refractivity contribution in [3.63, 3.8) is 0 Å². The highest BCUT2D eigenvalue weighted by atomic mass is 16.5. The summed E-state index contributed by atoms with van der Waals surface area (Å²) in [6, 6.07) is 5.52. The number of hydrogen-bond acceptors (Lipinski definition) is 3. The van der Waals surface area contributed by atoms with E-state index in [9.17, 15) is 14.7 Å². The Balaban J connectivity index is 2.46. The summed E-state index contributed by atoms with van der Waals surface area (Å²) in [6.45, 7) is 5.41. The van der Waals surface area contributed by atoms with Crippen molar-refractivity contribution in [3.05, 3.63) is 29.3 Å². The Labute approximate surface area is 137 Å². The summed E-state index contributed by atoms with van der Waals surface area (Å²) in [5.41, 5.74) is 2.81. The number of aliphatic carboxylic acids is 1. The minimum absolute atomic E-state index is 0.0115. The van der Waals surface area contributed by atoms with Gasteiger partial charge >= 0.3 is 5.97 Å². The molecule has 1 fully saturated rings. The van der Waals surface area contributed by atoms with Gasteiger partial charge in [-0.25, -0.2) is 0 Å². The zero-order chi connectivity index (χ0) is 17.1. The van der Waals surface area contributed by atoms with E-state index in [0.717, 1.165) is 16.8 Å². The van der Waals surface area contributed by atoms with Crippen LogP contribution >= 0.6 is 0 Å². The van der Waals surface area contributed by atoms with Crippen molar-refractivity contribution in [2.75, 3.05) is 12.0 Å². The van der Waals surface area contributed by atoms with E-state index in [-0.39, 0.29) is 18.1 Å². The molecular weight excluding hydrogens is 294 g/mol. The van der Waals surface area contributed by atoms with Crippen LogP contribution in [0.2, 0.25) is 0 Å². The number of carboxylic acid groups (broad SMARTS) is 1. The summed E-state index contributed by atoms with van der Waals surface area (Å²) in [7, 11) is 1.64. The fraction of sp³-hybridized carbons (Fsp3) is 0.556. The Morgan fingerprint density at radius 1 is 1.26 bits per heavy atom. The van der Waals surface area contributed by atoms with E-state index in [4.69, 9.17) is 4.74 Å². The number of benzene rings is 1. The van der Waals surface area contributed by atoms with Crippen LogP contribution in [-0.4, -0.2) is 36.2 Å². The summed E-state index contributed by atoms with van der Waals surface area (Å²) in [6.07, 6.45) is 1.76. The van der Waals surface area contributed by atoms with Gasteiger partial charge in [-0.1, -0.05) is 12.1 Å². The third-order valence-electron chi connectivity index (χ3n) is 4.71. The molecule has 1 amide bonds. The molecule has 1 aromatic carbocycles. The second-order valence-electron chi connectivity index (χ2n) is 6.36. The number of aryl methyl sites for hydroxylation is 2. The Hall–Kier alpha value is -1.88. The Morgan fingerprint density at radius 3 is 2.52 bits per heavy atom. The molecule has 0 saturated heterocycles. The third-order valence-corrected chi connectivity index (χ3v) is 4.71. The molecule has 1 aliphatic carbocycles. The van der Waals surface area contributed by atoms with Crippen molar-refractivity contribution in [3.8, 4) is 0 Å². The molecule has 0 spiro atoms. The first-order chi connectivity index (χ1) is 10.8. The monoisotopic (exact) mass is 319 g/mol. The SMILES string of the molecule is COC1CCC(C(=O)O)C(N(C(C)=O)c2cc(C)ccc2C)C1. The number of hydrogen-bond donors (Lipinski definition) is 1. The molecular formula is C18H25NO4. The molecule has 0 radical (unpaired) electrons. The molecule has 23 heavy (non-hydrogen) atoms. The Kier molecular flexibility index (Phi) is 5.42. The molecule has 0 heterocycles. The van der Waals surface area contributed by atoms with E-state index in [0.29, 0.717) is 19.3 Å². The average Bonchev–Trinajstić information content (AvgIpc) is 2.50. The zero-order valence-electron chi connectivity index (χ0n) is 14.2. The van der Waals surface area contributed by atoms with Crippen molar-refractivity contribution >= 4 is 17.6 Å². The van der Waals surface area contributed by atoms with E-state index in [1.165, 1.54) is 6.92 Å². The molecule has 1 N–H and O–H groups in total. The molecule has 2 rings (SSSR count). The van der Waals surface area contributed by atoms with Crippen molar-refractivity contribution in [1.29, 1.82) is 0 Å². The van der Waals surface area contributed by atoms with E-state index >= 15 is 0 Å². The van der Waals surface area contributed by atoms with Crippen LogP contribution in [0.25, 0.3) is 0 Å². The molecule has 3 atom stereocenters. The molecule has 0 bridgehead atoms. The number of amides is 1. The summed E-state index contributed by atoms with van der Waals surface area (Å²) >= 11 is 0. The van der Waals surface area contributed by atoms with Crippen molar-refractivity contribution in [2.24, 2.45) is 5.92 Å². The quantitative estimate of drug-likeness (QED) is 0.926. The van der Waals surface area contributed by atoms with Gasteiger partial charge in [-0.05, 0) is 50.3 Å². The number of carbonyl (C=O) groups is 2. The summed E-state index contributed by atoms with van der Waals surface area (Å²) in [5, 5.41) is 9.59. The highest BCUT2D eigenvalue weighted by Crippen LogP contribution is 2.35. The molecule has 3 unspecified atom stereocenters. The molecule has 5 nitrogen and oxygen atoms in total. The lowest BCUT2D eigenvalue weighted by atomic mass is 9.81. The van der Waals surface area contributed by atoms with Gasteiger partial charge < -0.3 is 14.7 Å². The van der Waals surface area contributed by atoms with Crippen LogP contribution in [0.4, 0.5) is 5.69 Å². The number of carboxylic acids is 1. The minimum Gasteiger partial charge on any atom is -0.481 e. The number of rotatable bonds is 4. The number of anilines is 1. The number of carbonyl (C=O) groups excluding carboxylic acids is 1. The molecule has 5 heteroatoms. The van der Waals surface area contributed by atoms with Gasteiger partial charge in [0.2, 0.25) is 5.91 Å². The molecule has 1 aliphatic rings. The van der Waals surface area contributed by atoms with E-state index in [1.54, 1.807) is 12.0 Å². The first kappa shape index (κ1) is 17.5. The third kappa shape index (κ3) is 3.72. The maximum atomic E-state index is 12.4. The second-order valence-corrected chi connectivity index (χ2v) is 6.36. The van der Waals surface area contributed by atoms with Crippen LogP contribution < -0.4 is 4.90 Å². The maximum Gasteiger partial charge on any atom is 0.308 e. The normalized spacial score (nSPS) is 24.3. The highest BCUT2D eigenvalue weighted by molar-refractivity contribution is 5.94. The van der Waals surface area contributed by atoms with Crippen molar-refractivity contribution in [1.82, 2.24) is 0 Å². The summed E-state index contributed by atoms with van der Waals surface area (Å²) in [5.74, 6) is -1.54. The Morgan fingerprint density at radius 2 is 1.96 bits per heavy atom. The second kappa shape index (κ2) is 7.13. The van der Waals surface area contributed by atoms with Gasteiger partial charge in [0.05, 0.1) is 18.1 Å². The maximum absolute atomic E-state index is 12.4. The first-order valence-electron chi connectivity index (χ1n) is 7.97. The number of methoxy groups -OCH3 is 1. The Bertz CT molecular complexity index is 599. The van der Waals surface area contributed by atoms with Gasteiger partial charge in [0, 0.05) is 19.7 Å². The number of ether oxygens (including phenoxy) is 1. The fourth-order valence-corrected chi connectivity index (χ4v) is 3.46. The lowest BCUT2D eigenvalue weighted by molar-refractivity contribution is -0.144. The molecule has 0 aliphatic heterocycles. The van der Waals surface area contributed by atoms with Crippen LogP contribution in [0.1, 0.15) is 37.3 Å². The molecule has 1 aromatic rings. The lowest BCUT2D eigenvalue weighted by Gasteiger charge is -2.41. The van der Waals surface area contributed by atoms with Crippen molar-refractivity contribution < 1.29 is 19.4 Å². The predicted molar refractivity (Wildman–Crippen MR) is 88.6 cm³/mol. The largest absolute Gasteiger partial charge is 0.481 e. The number of nitrogens with zero attached hydrogens (tertiary/aromatic N) is 1. The van der Waals surface area contributed by atoms with Gasteiger partial charge in [0.25, 0.3) is 0 Å². The summed E-state index contributed by atoms with van der Waals surface area (Å²) < 4.78 is 5.44. The van der Waals surface area contributed by atoms with Crippen LogP contribution in [0.5, 0.6) is 0 Å². The zero-order valence-corrected chi connectivity index (χ0v) is 14.2. The lowest BCUT2D eigenvalue weighted by Crippen LogP contribution is -2.51. The van der Waals surface area contributed by atoms with E-state index in [2.05, 4.69) is 0 Å². The van der Waals surface area contributed by atoms with Gasteiger partial charge in [0.15, 0.2) is 0 Å². The van der Waals surface area contributed by atoms with Crippen LogP contribution in [-0.2, 0) is 14.3 Å². The first-order valence-corrected chi connectivity index (χ1v) is 7.97. The van der Waals surface area contributed by atoms with Crippen LogP contribution in [0.3, 0.4) is 0 Å². The van der Waals surface area contributed by atoms with Crippen LogP contribution in [0, 0.1) is 19.8 Å². The topological polar surface area (TPSA) is 66.8 Å².